The molecule has 0 spiro atoms. The first kappa shape index (κ1) is 27.7. The third kappa shape index (κ3) is 23.5. The van der Waals surface area contributed by atoms with Crippen molar-refractivity contribution in [2.45, 2.75) is 109 Å². The number of rotatable bonds is 17. The summed E-state index contributed by atoms with van der Waals surface area (Å²) in [5.41, 5.74) is 0. The van der Waals surface area contributed by atoms with Gasteiger partial charge in [0.05, 0.1) is 16.2 Å². The monoisotopic (exact) mass is 388 g/mol. The average Bonchev–Trinajstić information content (AvgIpc) is 2.49. The fourth-order valence-electron chi connectivity index (χ4n) is 2.82. The zero-order valence-electron chi connectivity index (χ0n) is 16.0. The SMILES string of the molecule is CCCCCCCCCCCCCCCC(O)CCS(=O)(=O)[O-].[K+]. The Morgan fingerprint density at radius 2 is 1.12 bits per heavy atom. The predicted octanol–water partition coefficient (Wildman–Crippen LogP) is 1.77. The van der Waals surface area contributed by atoms with Gasteiger partial charge in [-0.3, -0.25) is 0 Å². The van der Waals surface area contributed by atoms with Gasteiger partial charge in [0.1, 0.15) is 0 Å². The van der Waals surface area contributed by atoms with E-state index < -0.39 is 22.0 Å². The van der Waals surface area contributed by atoms with Crippen LogP contribution < -0.4 is 51.4 Å². The standard InChI is InChI=1S/C18H38O4S.K/c1-2-3-4-5-6-7-8-9-10-11-12-13-14-15-18(19)16-17-23(20,21)22;/h18-19H,2-17H2,1H3,(H,20,21,22);/q;+1/p-1. The molecule has 1 atom stereocenters. The van der Waals surface area contributed by atoms with Crippen LogP contribution in [-0.4, -0.2) is 29.9 Å². The van der Waals surface area contributed by atoms with E-state index in [9.17, 15) is 18.1 Å². The van der Waals surface area contributed by atoms with Gasteiger partial charge in [0.2, 0.25) is 0 Å². The van der Waals surface area contributed by atoms with Crippen LogP contribution in [0, 0.1) is 0 Å². The third-order valence-electron chi connectivity index (χ3n) is 4.34. The van der Waals surface area contributed by atoms with Crippen molar-refractivity contribution in [3.8, 4) is 0 Å². The maximum absolute atomic E-state index is 10.5. The molecule has 1 N–H and O–H groups in total. The van der Waals surface area contributed by atoms with Gasteiger partial charge >= 0.3 is 51.4 Å². The molecule has 0 heterocycles. The van der Waals surface area contributed by atoms with Crippen LogP contribution >= 0.6 is 0 Å². The van der Waals surface area contributed by atoms with E-state index in [1.54, 1.807) is 0 Å². The first-order chi connectivity index (χ1) is 11.0. The van der Waals surface area contributed by atoms with E-state index in [1.807, 2.05) is 0 Å². The molecule has 0 aromatic heterocycles. The molecule has 0 fully saturated rings. The van der Waals surface area contributed by atoms with Crippen LogP contribution in [0.4, 0.5) is 0 Å². The molecule has 0 aliphatic rings. The van der Waals surface area contributed by atoms with E-state index in [0.717, 1.165) is 12.8 Å². The van der Waals surface area contributed by atoms with E-state index in [0.29, 0.717) is 6.42 Å². The van der Waals surface area contributed by atoms with Gasteiger partial charge < -0.3 is 9.66 Å². The Balaban J connectivity index is 0. The van der Waals surface area contributed by atoms with Gasteiger partial charge in [0.15, 0.2) is 0 Å². The predicted molar refractivity (Wildman–Crippen MR) is 95.5 cm³/mol. The Kier molecular flexibility index (Phi) is 22.3. The quantitative estimate of drug-likeness (QED) is 0.234. The summed E-state index contributed by atoms with van der Waals surface area (Å²) in [7, 11) is -4.19. The van der Waals surface area contributed by atoms with E-state index in [2.05, 4.69) is 6.92 Å². The zero-order valence-corrected chi connectivity index (χ0v) is 19.9. The summed E-state index contributed by atoms with van der Waals surface area (Å²) >= 11 is 0. The van der Waals surface area contributed by atoms with Crippen molar-refractivity contribution in [2.75, 3.05) is 5.75 Å². The van der Waals surface area contributed by atoms with Crippen LogP contribution in [0.1, 0.15) is 103 Å². The smallest absolute Gasteiger partial charge is 0.748 e. The first-order valence-corrected chi connectivity index (χ1v) is 11.1. The molecule has 0 aromatic rings. The van der Waals surface area contributed by atoms with E-state index in [1.165, 1.54) is 70.6 Å². The van der Waals surface area contributed by atoms with Crippen LogP contribution in [0.5, 0.6) is 0 Å². The molecule has 0 saturated carbocycles. The van der Waals surface area contributed by atoms with E-state index in [-0.39, 0.29) is 57.8 Å². The molecule has 0 aromatic carbocycles. The van der Waals surface area contributed by atoms with Crippen LogP contribution in [0.15, 0.2) is 0 Å². The van der Waals surface area contributed by atoms with E-state index in [4.69, 9.17) is 0 Å². The van der Waals surface area contributed by atoms with Crippen LogP contribution in [0.3, 0.4) is 0 Å². The number of aliphatic hydroxyl groups is 1. The molecule has 1 unspecified atom stereocenters. The second-order valence-electron chi connectivity index (χ2n) is 6.74. The van der Waals surface area contributed by atoms with Crippen LogP contribution in [0.2, 0.25) is 0 Å². The van der Waals surface area contributed by atoms with Gasteiger partial charge in [-0.25, -0.2) is 8.42 Å². The van der Waals surface area contributed by atoms with Crippen molar-refractivity contribution >= 4 is 10.1 Å². The fraction of sp³-hybridized carbons (Fsp3) is 1.00. The Hall–Kier alpha value is 1.51. The molecular formula is C18H37KO4S. The van der Waals surface area contributed by atoms with Crippen molar-refractivity contribution in [3.63, 3.8) is 0 Å². The maximum Gasteiger partial charge on any atom is 1.00 e. The maximum atomic E-state index is 10.5. The van der Waals surface area contributed by atoms with Crippen molar-refractivity contribution in [1.29, 1.82) is 0 Å². The summed E-state index contributed by atoms with van der Waals surface area (Å²) < 4.78 is 31.4. The molecule has 0 bridgehead atoms. The number of hydrogen-bond donors (Lipinski definition) is 1. The van der Waals surface area contributed by atoms with Crippen molar-refractivity contribution in [2.24, 2.45) is 0 Å². The molecular weight excluding hydrogens is 351 g/mol. The Morgan fingerprint density at radius 1 is 0.750 bits per heavy atom. The second-order valence-corrected chi connectivity index (χ2v) is 8.26. The Morgan fingerprint density at radius 3 is 1.50 bits per heavy atom. The molecule has 0 saturated heterocycles. The van der Waals surface area contributed by atoms with Crippen LogP contribution in [-0.2, 0) is 10.1 Å². The molecule has 0 radical (unpaired) electrons. The third-order valence-corrected chi connectivity index (χ3v) is 5.08. The summed E-state index contributed by atoms with van der Waals surface area (Å²) in [6.45, 7) is 2.25. The summed E-state index contributed by atoms with van der Waals surface area (Å²) in [4.78, 5) is 0. The van der Waals surface area contributed by atoms with Gasteiger partial charge in [0, 0.05) is 5.75 Å². The number of aliphatic hydroxyl groups excluding tert-OH is 1. The van der Waals surface area contributed by atoms with Gasteiger partial charge in [-0.05, 0) is 12.8 Å². The number of unbranched alkanes of at least 4 members (excludes halogenated alkanes) is 12. The van der Waals surface area contributed by atoms with Gasteiger partial charge in [0.25, 0.3) is 0 Å². The molecule has 0 amide bonds. The van der Waals surface area contributed by atoms with E-state index >= 15 is 0 Å². The minimum absolute atomic E-state index is 0. The molecule has 140 valence electrons. The first-order valence-electron chi connectivity index (χ1n) is 9.57. The molecule has 4 nitrogen and oxygen atoms in total. The minimum Gasteiger partial charge on any atom is -0.748 e. The van der Waals surface area contributed by atoms with Crippen molar-refractivity contribution < 1.29 is 69.5 Å². The minimum atomic E-state index is -4.19. The van der Waals surface area contributed by atoms with Crippen molar-refractivity contribution in [3.05, 3.63) is 0 Å². The summed E-state index contributed by atoms with van der Waals surface area (Å²) in [6, 6.07) is 0. The normalized spacial score (nSPS) is 12.8. The molecule has 6 heteroatoms. The van der Waals surface area contributed by atoms with Crippen molar-refractivity contribution in [1.82, 2.24) is 0 Å². The summed E-state index contributed by atoms with van der Waals surface area (Å²) in [5, 5.41) is 9.59. The molecule has 0 rings (SSSR count). The zero-order chi connectivity index (χ0) is 17.4. The molecule has 24 heavy (non-hydrogen) atoms. The Labute approximate surface area is 192 Å². The topological polar surface area (TPSA) is 77.4 Å². The summed E-state index contributed by atoms with van der Waals surface area (Å²) in [5.74, 6) is -0.452. The second kappa shape index (κ2) is 19.3. The molecule has 0 aliphatic heterocycles. The fourth-order valence-corrected chi connectivity index (χ4v) is 3.38. The van der Waals surface area contributed by atoms with Crippen LogP contribution in [0.25, 0.3) is 0 Å². The van der Waals surface area contributed by atoms with Gasteiger partial charge in [-0.2, -0.15) is 0 Å². The molecule has 0 aliphatic carbocycles. The average molecular weight is 389 g/mol. The largest absolute Gasteiger partial charge is 1.00 e. The number of hydrogen-bond acceptors (Lipinski definition) is 4. The Bertz CT molecular complexity index is 347. The van der Waals surface area contributed by atoms with Gasteiger partial charge in [-0.15, -0.1) is 0 Å². The summed E-state index contributed by atoms with van der Waals surface area (Å²) in [6.07, 6.45) is 16.7. The van der Waals surface area contributed by atoms with Gasteiger partial charge in [-0.1, -0.05) is 90.4 Å².